The van der Waals surface area contributed by atoms with Gasteiger partial charge >= 0.3 is 0 Å². The van der Waals surface area contributed by atoms with Crippen molar-refractivity contribution in [1.82, 2.24) is 16.0 Å². The number of nitrogens with two attached hydrogens (primary N) is 3. The zero-order valence-electron chi connectivity index (χ0n) is 18.5. The Kier molecular flexibility index (Phi) is 11.5. The Hall–Kier alpha value is -3.51. The van der Waals surface area contributed by atoms with Gasteiger partial charge in [-0.2, -0.15) is 0 Å². The van der Waals surface area contributed by atoms with Gasteiger partial charge in [-0.15, -0.1) is 0 Å². The van der Waals surface area contributed by atoms with Crippen LogP contribution in [-0.4, -0.2) is 65.4 Å². The van der Waals surface area contributed by atoms with Crippen molar-refractivity contribution in [3.8, 4) is 0 Å². The first kappa shape index (κ1) is 27.5. The molecular formula is C21H32N6O6. The first-order chi connectivity index (χ1) is 15.5. The van der Waals surface area contributed by atoms with Crippen molar-refractivity contribution in [2.24, 2.45) is 17.2 Å². The molecule has 0 saturated heterocycles. The number of nitrogens with one attached hydrogen (secondary N) is 3. The third-order valence-electron chi connectivity index (χ3n) is 4.66. The van der Waals surface area contributed by atoms with Gasteiger partial charge < -0.3 is 38.3 Å². The van der Waals surface area contributed by atoms with Gasteiger partial charge in [0.15, 0.2) is 0 Å². The van der Waals surface area contributed by atoms with Crippen molar-refractivity contribution in [1.29, 1.82) is 0 Å². The normalized spacial score (nSPS) is 14.3. The molecule has 12 nitrogen and oxygen atoms in total. The first-order valence-electron chi connectivity index (χ1n) is 10.4. The average Bonchev–Trinajstić information content (AvgIpc) is 2.75. The van der Waals surface area contributed by atoms with Crippen LogP contribution in [0.15, 0.2) is 30.3 Å². The highest BCUT2D eigenvalue weighted by Gasteiger charge is 2.29. The minimum absolute atomic E-state index is 0.180. The molecule has 0 aliphatic carbocycles. The SMILES string of the molecule is CC(Cc1ccccc1)NC(=O)C(CC(N)=O)NC(=O)C(CCC(N)=O)NC(=O)C(N)CO. The average molecular weight is 465 g/mol. The molecule has 4 atom stereocenters. The van der Waals surface area contributed by atoms with Crippen molar-refractivity contribution < 1.29 is 29.1 Å². The molecule has 33 heavy (non-hydrogen) atoms. The summed E-state index contributed by atoms with van der Waals surface area (Å²) in [6.07, 6.45) is -0.393. The second kappa shape index (κ2) is 13.8. The molecule has 10 N–H and O–H groups in total. The third-order valence-corrected chi connectivity index (χ3v) is 4.66. The van der Waals surface area contributed by atoms with Crippen molar-refractivity contribution in [2.45, 2.75) is 56.8 Å². The summed E-state index contributed by atoms with van der Waals surface area (Å²) in [7, 11) is 0. The largest absolute Gasteiger partial charge is 0.394 e. The van der Waals surface area contributed by atoms with Crippen LogP contribution in [0.3, 0.4) is 0 Å². The highest BCUT2D eigenvalue weighted by Crippen LogP contribution is 2.05. The molecule has 0 aliphatic rings. The van der Waals surface area contributed by atoms with E-state index < -0.39 is 60.7 Å². The van der Waals surface area contributed by atoms with Crippen LogP contribution in [0.2, 0.25) is 0 Å². The number of rotatable bonds is 14. The zero-order chi connectivity index (χ0) is 25.0. The standard InChI is InChI=1S/C21H32N6O6/c1-12(9-13-5-3-2-4-6-13)25-21(33)16(10-18(24)30)27-20(32)15(7-8-17(23)29)26-19(31)14(22)11-28/h2-6,12,14-16,28H,7-11,22H2,1H3,(H2,23,29)(H2,24,30)(H,25,33)(H,26,31)(H,27,32). The van der Waals surface area contributed by atoms with Gasteiger partial charge in [-0.1, -0.05) is 30.3 Å². The number of benzene rings is 1. The summed E-state index contributed by atoms with van der Waals surface area (Å²) in [6.45, 7) is 1.10. The van der Waals surface area contributed by atoms with E-state index in [0.29, 0.717) is 6.42 Å². The van der Waals surface area contributed by atoms with Crippen molar-refractivity contribution in [2.75, 3.05) is 6.61 Å². The predicted molar refractivity (Wildman–Crippen MR) is 119 cm³/mol. The molecule has 4 unspecified atom stereocenters. The van der Waals surface area contributed by atoms with E-state index in [9.17, 15) is 24.0 Å². The number of amides is 5. The van der Waals surface area contributed by atoms with Gasteiger partial charge in [-0.05, 0) is 25.3 Å². The van der Waals surface area contributed by atoms with E-state index in [4.69, 9.17) is 22.3 Å². The lowest BCUT2D eigenvalue weighted by molar-refractivity contribution is -0.134. The maximum Gasteiger partial charge on any atom is 0.243 e. The minimum atomic E-state index is -1.31. The molecule has 0 heterocycles. The molecular weight excluding hydrogens is 432 g/mol. The second-order valence-corrected chi connectivity index (χ2v) is 7.69. The molecule has 5 amide bonds. The topological polar surface area (TPSA) is 220 Å². The molecule has 182 valence electrons. The van der Waals surface area contributed by atoms with Crippen molar-refractivity contribution in [3.63, 3.8) is 0 Å². The number of aliphatic hydroxyl groups is 1. The highest BCUT2D eigenvalue weighted by atomic mass is 16.3. The molecule has 1 rings (SSSR count). The van der Waals surface area contributed by atoms with Gasteiger partial charge in [0.2, 0.25) is 29.5 Å². The lowest BCUT2D eigenvalue weighted by Gasteiger charge is -2.24. The molecule has 0 spiro atoms. The Labute approximate surface area is 191 Å². The smallest absolute Gasteiger partial charge is 0.243 e. The van der Waals surface area contributed by atoms with Gasteiger partial charge in [0.05, 0.1) is 13.0 Å². The first-order valence-corrected chi connectivity index (χ1v) is 10.4. The van der Waals surface area contributed by atoms with E-state index in [1.807, 2.05) is 30.3 Å². The fourth-order valence-electron chi connectivity index (χ4n) is 2.96. The summed E-state index contributed by atoms with van der Waals surface area (Å²) >= 11 is 0. The molecule has 1 aromatic rings. The van der Waals surface area contributed by atoms with Crippen molar-refractivity contribution >= 4 is 29.5 Å². The maximum absolute atomic E-state index is 12.8. The Morgan fingerprint density at radius 2 is 1.45 bits per heavy atom. The molecule has 0 radical (unpaired) electrons. The van der Waals surface area contributed by atoms with E-state index in [-0.39, 0.29) is 18.9 Å². The van der Waals surface area contributed by atoms with E-state index in [1.54, 1.807) is 6.92 Å². The van der Waals surface area contributed by atoms with E-state index in [1.165, 1.54) is 0 Å². The van der Waals surface area contributed by atoms with E-state index in [2.05, 4.69) is 16.0 Å². The Bertz CT molecular complexity index is 834. The number of aliphatic hydroxyl groups excluding tert-OH is 1. The van der Waals surface area contributed by atoms with Crippen LogP contribution in [0.5, 0.6) is 0 Å². The molecule has 1 aromatic carbocycles. The maximum atomic E-state index is 12.8. The number of carbonyl (C=O) groups is 5. The Morgan fingerprint density at radius 3 is 2.00 bits per heavy atom. The van der Waals surface area contributed by atoms with Crippen LogP contribution in [0.4, 0.5) is 0 Å². The predicted octanol–water partition coefficient (Wildman–Crippen LogP) is -2.84. The summed E-state index contributed by atoms with van der Waals surface area (Å²) in [5, 5.41) is 16.4. The van der Waals surface area contributed by atoms with Crippen LogP contribution in [0.1, 0.15) is 31.7 Å². The summed E-state index contributed by atoms with van der Waals surface area (Å²) in [4.78, 5) is 60.1. The molecule has 0 bridgehead atoms. The van der Waals surface area contributed by atoms with Crippen molar-refractivity contribution in [3.05, 3.63) is 35.9 Å². The van der Waals surface area contributed by atoms with Crippen LogP contribution < -0.4 is 33.2 Å². The lowest BCUT2D eigenvalue weighted by atomic mass is 10.1. The molecule has 0 aliphatic heterocycles. The van der Waals surface area contributed by atoms with E-state index in [0.717, 1.165) is 5.56 Å². The summed E-state index contributed by atoms with van der Waals surface area (Å²) in [5.74, 6) is -3.86. The molecule has 0 saturated carbocycles. The molecule has 0 aromatic heterocycles. The highest BCUT2D eigenvalue weighted by molar-refractivity contribution is 5.95. The Morgan fingerprint density at radius 1 is 0.879 bits per heavy atom. The van der Waals surface area contributed by atoms with Gasteiger partial charge in [0, 0.05) is 12.5 Å². The summed E-state index contributed by atoms with van der Waals surface area (Å²) in [5.41, 5.74) is 16.8. The number of carbonyl (C=O) groups excluding carboxylic acids is 5. The number of hydrogen-bond donors (Lipinski definition) is 7. The quantitative estimate of drug-likeness (QED) is 0.153. The summed E-state index contributed by atoms with van der Waals surface area (Å²) in [6, 6.07) is 5.18. The van der Waals surface area contributed by atoms with Gasteiger partial charge in [0.1, 0.15) is 18.1 Å². The fraction of sp³-hybridized carbons (Fsp3) is 0.476. The Balaban J connectivity index is 2.88. The van der Waals surface area contributed by atoms with Crippen LogP contribution in [-0.2, 0) is 30.4 Å². The van der Waals surface area contributed by atoms with Gasteiger partial charge in [-0.3, -0.25) is 24.0 Å². The number of primary amides is 2. The van der Waals surface area contributed by atoms with Crippen LogP contribution in [0, 0.1) is 0 Å². The van der Waals surface area contributed by atoms with Gasteiger partial charge in [0.25, 0.3) is 0 Å². The second-order valence-electron chi connectivity index (χ2n) is 7.69. The fourth-order valence-corrected chi connectivity index (χ4v) is 2.96. The lowest BCUT2D eigenvalue weighted by Crippen LogP contribution is -2.57. The minimum Gasteiger partial charge on any atom is -0.394 e. The summed E-state index contributed by atoms with van der Waals surface area (Å²) < 4.78 is 0. The van der Waals surface area contributed by atoms with Gasteiger partial charge in [-0.25, -0.2) is 0 Å². The monoisotopic (exact) mass is 464 g/mol. The number of hydrogen-bond acceptors (Lipinski definition) is 7. The molecule has 12 heteroatoms. The van der Waals surface area contributed by atoms with Crippen LogP contribution >= 0.6 is 0 Å². The third kappa shape index (κ3) is 10.6. The van der Waals surface area contributed by atoms with Crippen LogP contribution in [0.25, 0.3) is 0 Å². The zero-order valence-corrected chi connectivity index (χ0v) is 18.5. The molecule has 0 fully saturated rings. The van der Waals surface area contributed by atoms with E-state index >= 15 is 0 Å².